The Labute approximate surface area is 91.8 Å². The van der Waals surface area contributed by atoms with Crippen molar-refractivity contribution in [1.82, 2.24) is 10.2 Å². The van der Waals surface area contributed by atoms with Gasteiger partial charge in [0.2, 0.25) is 0 Å². The fourth-order valence-electron chi connectivity index (χ4n) is 1.89. The molecule has 0 radical (unpaired) electrons. The van der Waals surface area contributed by atoms with Gasteiger partial charge < -0.3 is 0 Å². The number of rotatable bonds is 3. The number of aromatic amines is 1. The molecule has 0 aliphatic carbocycles. The van der Waals surface area contributed by atoms with Gasteiger partial charge in [-0.15, -0.1) is 0 Å². The molecular formula is C13H18N2. The van der Waals surface area contributed by atoms with E-state index in [1.165, 1.54) is 16.7 Å². The van der Waals surface area contributed by atoms with Crippen LogP contribution in [0.2, 0.25) is 0 Å². The maximum Gasteiger partial charge on any atom is 0.0565 e. The molecule has 0 saturated heterocycles. The second-order valence-corrected chi connectivity index (χ2v) is 3.68. The summed E-state index contributed by atoms with van der Waals surface area (Å²) >= 11 is 0. The number of H-pyrrole nitrogens is 1. The molecular weight excluding hydrogens is 184 g/mol. The summed E-state index contributed by atoms with van der Waals surface area (Å²) in [6.45, 7) is 4.40. The first-order chi connectivity index (χ1) is 7.35. The fourth-order valence-corrected chi connectivity index (χ4v) is 1.89. The first-order valence-corrected chi connectivity index (χ1v) is 5.46. The Bertz CT molecular complexity index is 435. The van der Waals surface area contributed by atoms with Crippen LogP contribution in [0.3, 0.4) is 0 Å². The van der Waals surface area contributed by atoms with Crippen LogP contribution < -0.4 is 0 Å². The van der Waals surface area contributed by atoms with Gasteiger partial charge in [-0.2, -0.15) is 5.10 Å². The first kappa shape index (κ1) is 9.97. The number of hydrogen-bond acceptors (Lipinski definition) is 1. The normalized spacial score (nSPS) is 10.5. The molecule has 80 valence electrons. The van der Waals surface area contributed by atoms with E-state index in [1.54, 1.807) is 0 Å². The highest BCUT2D eigenvalue weighted by atomic mass is 15.1. The van der Waals surface area contributed by atoms with Crippen LogP contribution in [0.1, 0.15) is 26.4 Å². The molecule has 2 nitrogen and oxygen atoms in total. The summed E-state index contributed by atoms with van der Waals surface area (Å²) in [4.78, 5) is 0. The van der Waals surface area contributed by atoms with Gasteiger partial charge >= 0.3 is 0 Å². The van der Waals surface area contributed by atoms with E-state index in [-0.39, 0.29) is 1.43 Å². The molecule has 0 amide bonds. The summed E-state index contributed by atoms with van der Waals surface area (Å²) < 4.78 is 0. The Kier molecular flexibility index (Phi) is 2.86. The molecule has 0 saturated carbocycles. The standard InChI is InChI=1S/C13H16N2.H2/c1-3-10-5-6-12(7-11(10)4-2)13-8-14-15-9-13;/h5-9H,3-4H2,1-2H3,(H,14,15);1H. The van der Waals surface area contributed by atoms with E-state index in [4.69, 9.17) is 0 Å². The highest BCUT2D eigenvalue weighted by Crippen LogP contribution is 2.22. The molecule has 0 unspecified atom stereocenters. The summed E-state index contributed by atoms with van der Waals surface area (Å²) in [6, 6.07) is 6.66. The van der Waals surface area contributed by atoms with Gasteiger partial charge in [0.25, 0.3) is 0 Å². The van der Waals surface area contributed by atoms with Crippen LogP contribution in [0, 0.1) is 0 Å². The third kappa shape index (κ3) is 1.94. The number of nitrogens with one attached hydrogen (secondary N) is 1. The predicted octanol–water partition coefficient (Wildman–Crippen LogP) is 3.45. The van der Waals surface area contributed by atoms with Gasteiger partial charge in [-0.1, -0.05) is 32.0 Å². The molecule has 1 aromatic heterocycles. The summed E-state index contributed by atoms with van der Waals surface area (Å²) in [6.07, 6.45) is 5.99. The highest BCUT2D eigenvalue weighted by molar-refractivity contribution is 5.63. The number of benzene rings is 1. The van der Waals surface area contributed by atoms with Crippen LogP contribution in [0.4, 0.5) is 0 Å². The van der Waals surface area contributed by atoms with Gasteiger partial charge in [-0.05, 0) is 29.5 Å². The summed E-state index contributed by atoms with van der Waals surface area (Å²) in [5.41, 5.74) is 5.30. The zero-order valence-corrected chi connectivity index (χ0v) is 9.25. The highest BCUT2D eigenvalue weighted by Gasteiger charge is 2.03. The van der Waals surface area contributed by atoms with Crippen molar-refractivity contribution in [3.8, 4) is 11.1 Å². The molecule has 0 fully saturated rings. The molecule has 15 heavy (non-hydrogen) atoms. The van der Waals surface area contributed by atoms with Gasteiger partial charge in [0, 0.05) is 13.2 Å². The second-order valence-electron chi connectivity index (χ2n) is 3.68. The molecule has 2 aromatic rings. The smallest absolute Gasteiger partial charge is 0.0565 e. The topological polar surface area (TPSA) is 28.7 Å². The summed E-state index contributed by atoms with van der Waals surface area (Å²) in [5, 5.41) is 6.82. The van der Waals surface area contributed by atoms with Crippen LogP contribution in [0.5, 0.6) is 0 Å². The molecule has 2 heteroatoms. The van der Waals surface area contributed by atoms with Gasteiger partial charge in [0.1, 0.15) is 0 Å². The predicted molar refractivity (Wildman–Crippen MR) is 64.9 cm³/mol. The minimum atomic E-state index is 0. The van der Waals surface area contributed by atoms with Gasteiger partial charge in [0.05, 0.1) is 6.20 Å². The van der Waals surface area contributed by atoms with Crippen molar-refractivity contribution < 1.29 is 1.43 Å². The molecule has 1 N–H and O–H groups in total. The molecule has 0 bridgehead atoms. The lowest BCUT2D eigenvalue weighted by Gasteiger charge is -2.07. The van der Waals surface area contributed by atoms with Crippen molar-refractivity contribution >= 4 is 0 Å². The Balaban J connectivity index is 0.00000128. The zero-order valence-electron chi connectivity index (χ0n) is 9.25. The SMILES string of the molecule is CCc1ccc(-c2cn[nH]c2)cc1CC.[HH]. The Morgan fingerprint density at radius 1 is 1.13 bits per heavy atom. The second kappa shape index (κ2) is 4.30. The van der Waals surface area contributed by atoms with E-state index in [2.05, 4.69) is 42.2 Å². The lowest BCUT2D eigenvalue weighted by molar-refractivity contribution is 1.04. The average molecular weight is 202 g/mol. The van der Waals surface area contributed by atoms with Crippen molar-refractivity contribution in [2.24, 2.45) is 0 Å². The Morgan fingerprint density at radius 3 is 2.53 bits per heavy atom. The van der Waals surface area contributed by atoms with Crippen molar-refractivity contribution in [2.45, 2.75) is 26.7 Å². The number of hydrogen-bond donors (Lipinski definition) is 1. The van der Waals surface area contributed by atoms with Crippen LogP contribution >= 0.6 is 0 Å². The van der Waals surface area contributed by atoms with E-state index in [1.807, 2.05) is 12.4 Å². The zero-order chi connectivity index (χ0) is 10.7. The molecule has 0 spiro atoms. The lowest BCUT2D eigenvalue weighted by Crippen LogP contribution is -1.91. The molecule has 1 heterocycles. The quantitative estimate of drug-likeness (QED) is 0.811. The van der Waals surface area contributed by atoms with Crippen LogP contribution in [-0.2, 0) is 12.8 Å². The van der Waals surface area contributed by atoms with E-state index >= 15 is 0 Å². The molecule has 0 aliphatic rings. The average Bonchev–Trinajstić information content (AvgIpc) is 2.81. The molecule has 0 aliphatic heterocycles. The lowest BCUT2D eigenvalue weighted by atomic mass is 9.98. The fraction of sp³-hybridized carbons (Fsp3) is 0.308. The summed E-state index contributed by atoms with van der Waals surface area (Å²) in [5.74, 6) is 0. The molecule has 0 atom stereocenters. The number of nitrogens with zero attached hydrogens (tertiary/aromatic N) is 1. The van der Waals surface area contributed by atoms with Crippen molar-refractivity contribution in [3.05, 3.63) is 41.7 Å². The van der Waals surface area contributed by atoms with Crippen LogP contribution in [0.25, 0.3) is 11.1 Å². The van der Waals surface area contributed by atoms with Crippen LogP contribution in [0.15, 0.2) is 30.6 Å². The maximum absolute atomic E-state index is 3.97. The van der Waals surface area contributed by atoms with Crippen molar-refractivity contribution in [3.63, 3.8) is 0 Å². The molecule has 2 rings (SSSR count). The van der Waals surface area contributed by atoms with Crippen LogP contribution in [-0.4, -0.2) is 10.2 Å². The van der Waals surface area contributed by atoms with E-state index in [0.29, 0.717) is 0 Å². The first-order valence-electron chi connectivity index (χ1n) is 5.46. The Hall–Kier alpha value is -1.57. The third-order valence-corrected chi connectivity index (χ3v) is 2.80. The number of aromatic nitrogens is 2. The van der Waals surface area contributed by atoms with E-state index in [9.17, 15) is 0 Å². The van der Waals surface area contributed by atoms with Gasteiger partial charge in [0.15, 0.2) is 0 Å². The van der Waals surface area contributed by atoms with Crippen molar-refractivity contribution in [2.75, 3.05) is 0 Å². The third-order valence-electron chi connectivity index (χ3n) is 2.80. The van der Waals surface area contributed by atoms with E-state index < -0.39 is 0 Å². The minimum absolute atomic E-state index is 0. The van der Waals surface area contributed by atoms with E-state index in [0.717, 1.165) is 18.4 Å². The minimum Gasteiger partial charge on any atom is -0.285 e. The molecule has 1 aromatic carbocycles. The summed E-state index contributed by atoms with van der Waals surface area (Å²) in [7, 11) is 0. The van der Waals surface area contributed by atoms with Crippen molar-refractivity contribution in [1.29, 1.82) is 0 Å². The maximum atomic E-state index is 3.97. The largest absolute Gasteiger partial charge is 0.285 e. The Morgan fingerprint density at radius 2 is 1.93 bits per heavy atom. The number of aryl methyl sites for hydroxylation is 2. The van der Waals surface area contributed by atoms with Gasteiger partial charge in [-0.3, -0.25) is 5.10 Å². The van der Waals surface area contributed by atoms with Gasteiger partial charge in [-0.25, -0.2) is 0 Å². The monoisotopic (exact) mass is 202 g/mol.